The lowest BCUT2D eigenvalue weighted by Gasteiger charge is -2.18. The first kappa shape index (κ1) is 21.4. The summed E-state index contributed by atoms with van der Waals surface area (Å²) in [5.41, 5.74) is 9.76. The van der Waals surface area contributed by atoms with Crippen molar-refractivity contribution in [3.63, 3.8) is 0 Å². The van der Waals surface area contributed by atoms with Crippen LogP contribution in [0.15, 0.2) is 11.0 Å². The van der Waals surface area contributed by atoms with Crippen LogP contribution in [-0.4, -0.2) is 34.6 Å². The third-order valence-electron chi connectivity index (χ3n) is 5.47. The molecule has 2 atom stereocenters. The minimum Gasteiger partial charge on any atom is -0.330 e. The second-order valence-electron chi connectivity index (χ2n) is 7.60. The molecule has 1 aromatic carbocycles. The van der Waals surface area contributed by atoms with Gasteiger partial charge in [-0.1, -0.05) is 13.0 Å². The molecule has 0 saturated heterocycles. The molecule has 0 bridgehead atoms. The maximum Gasteiger partial charge on any atom is 0.241 e. The van der Waals surface area contributed by atoms with Crippen LogP contribution in [0.1, 0.15) is 48.4 Å². The second-order valence-corrected chi connectivity index (χ2v) is 9.30. The zero-order chi connectivity index (χ0) is 19.3. The van der Waals surface area contributed by atoms with Gasteiger partial charge < -0.3 is 11.1 Å². The molecule has 0 aromatic heterocycles. The van der Waals surface area contributed by atoms with E-state index in [1.54, 1.807) is 0 Å². The number of unbranched alkanes of at least 4 members (excludes halogenated alkanes) is 1. The maximum atomic E-state index is 12.5. The van der Waals surface area contributed by atoms with E-state index in [0.717, 1.165) is 61.9 Å². The van der Waals surface area contributed by atoms with E-state index in [1.807, 2.05) is 26.8 Å². The highest BCUT2D eigenvalue weighted by Crippen LogP contribution is 2.36. The highest BCUT2D eigenvalue weighted by atomic mass is 32.2. The first-order chi connectivity index (χ1) is 12.3. The molecule has 0 radical (unpaired) electrons. The van der Waals surface area contributed by atoms with Crippen LogP contribution in [0.3, 0.4) is 0 Å². The molecule has 6 heteroatoms. The minimum absolute atomic E-state index is 0.405. The zero-order valence-corrected chi connectivity index (χ0v) is 17.5. The molecule has 148 valence electrons. The van der Waals surface area contributed by atoms with E-state index < -0.39 is 10.0 Å². The number of benzene rings is 1. The molecule has 26 heavy (non-hydrogen) atoms. The van der Waals surface area contributed by atoms with Crippen LogP contribution in [0.25, 0.3) is 0 Å². The first-order valence-electron chi connectivity index (χ1n) is 9.81. The van der Waals surface area contributed by atoms with Crippen molar-refractivity contribution in [1.82, 2.24) is 10.0 Å². The highest BCUT2D eigenvalue weighted by molar-refractivity contribution is 7.89. The van der Waals surface area contributed by atoms with Gasteiger partial charge in [0.05, 0.1) is 4.90 Å². The van der Waals surface area contributed by atoms with Crippen LogP contribution in [0.4, 0.5) is 0 Å². The van der Waals surface area contributed by atoms with Gasteiger partial charge >= 0.3 is 0 Å². The van der Waals surface area contributed by atoms with Crippen molar-refractivity contribution in [1.29, 1.82) is 0 Å². The van der Waals surface area contributed by atoms with Crippen LogP contribution < -0.4 is 15.8 Å². The largest absolute Gasteiger partial charge is 0.330 e. The van der Waals surface area contributed by atoms with Gasteiger partial charge in [-0.25, -0.2) is 13.1 Å². The van der Waals surface area contributed by atoms with Gasteiger partial charge in [-0.05, 0) is 100 Å². The molecule has 4 N–H and O–H groups in total. The van der Waals surface area contributed by atoms with Gasteiger partial charge in [0.2, 0.25) is 10.0 Å². The third kappa shape index (κ3) is 5.28. The smallest absolute Gasteiger partial charge is 0.241 e. The molecule has 1 aliphatic carbocycles. The van der Waals surface area contributed by atoms with Gasteiger partial charge in [0.15, 0.2) is 0 Å². The third-order valence-corrected chi connectivity index (χ3v) is 7.31. The van der Waals surface area contributed by atoms with E-state index in [0.29, 0.717) is 11.4 Å². The predicted octanol–water partition coefficient (Wildman–Crippen LogP) is 2.42. The molecule has 0 spiro atoms. The summed E-state index contributed by atoms with van der Waals surface area (Å²) in [5, 5.41) is 3.53. The van der Waals surface area contributed by atoms with E-state index in [2.05, 4.69) is 17.0 Å². The topological polar surface area (TPSA) is 84.2 Å². The maximum absolute atomic E-state index is 12.5. The van der Waals surface area contributed by atoms with Crippen molar-refractivity contribution < 1.29 is 8.42 Å². The second kappa shape index (κ2) is 9.31. The fraction of sp³-hybridized carbons (Fsp3) is 0.700. The monoisotopic (exact) mass is 381 g/mol. The molecule has 0 aliphatic heterocycles. The van der Waals surface area contributed by atoms with Gasteiger partial charge in [0.25, 0.3) is 0 Å². The molecule has 2 unspecified atom stereocenters. The van der Waals surface area contributed by atoms with Gasteiger partial charge in [-0.3, -0.25) is 0 Å². The molecule has 1 fully saturated rings. The molecule has 1 saturated carbocycles. The number of nitrogens with two attached hydrogens (primary N) is 1. The Balaban J connectivity index is 1.92. The van der Waals surface area contributed by atoms with Crippen LogP contribution in [-0.2, 0) is 16.4 Å². The molecule has 1 aromatic rings. The first-order valence-corrected chi connectivity index (χ1v) is 11.3. The average Bonchev–Trinajstić information content (AvgIpc) is 3.31. The minimum atomic E-state index is -3.43. The number of nitrogens with one attached hydrogen (secondary N) is 2. The Morgan fingerprint density at radius 3 is 2.50 bits per heavy atom. The summed E-state index contributed by atoms with van der Waals surface area (Å²) >= 11 is 0. The molecule has 1 aliphatic rings. The summed E-state index contributed by atoms with van der Waals surface area (Å²) in [6, 6.07) is 2.00. The molecule has 5 nitrogen and oxygen atoms in total. The van der Waals surface area contributed by atoms with Crippen LogP contribution in [0.5, 0.6) is 0 Å². The fourth-order valence-electron chi connectivity index (χ4n) is 3.95. The van der Waals surface area contributed by atoms with E-state index in [1.165, 1.54) is 17.5 Å². The number of sulfonamides is 1. The summed E-state index contributed by atoms with van der Waals surface area (Å²) in [7, 11) is -3.43. The predicted molar refractivity (Wildman–Crippen MR) is 108 cm³/mol. The molecular weight excluding hydrogens is 346 g/mol. The standard InChI is InChI=1S/C20H35N3O2S/c1-5-23-26(24,25)20-15(3)10-14(2)19(16(20)4)8-6-7-9-22-13-18-11-17(18)12-21/h10,17-18,22-23H,5-9,11-13,21H2,1-4H3. The zero-order valence-electron chi connectivity index (χ0n) is 16.7. The molecule has 0 amide bonds. The van der Waals surface area contributed by atoms with E-state index >= 15 is 0 Å². The summed E-state index contributed by atoms with van der Waals surface area (Å²) in [5.74, 6) is 1.51. The normalized spacial score (nSPS) is 19.7. The number of rotatable bonds is 11. The van der Waals surface area contributed by atoms with Crippen molar-refractivity contribution in [2.75, 3.05) is 26.2 Å². The Labute approximate surface area is 159 Å². The fourth-order valence-corrected chi connectivity index (χ4v) is 5.49. The summed E-state index contributed by atoms with van der Waals surface area (Å²) in [6.07, 6.45) is 4.35. The van der Waals surface area contributed by atoms with Crippen molar-refractivity contribution in [2.24, 2.45) is 17.6 Å². The Bertz CT molecular complexity index is 716. The number of aryl methyl sites for hydroxylation is 2. The molecule has 0 heterocycles. The van der Waals surface area contributed by atoms with Crippen molar-refractivity contribution in [3.8, 4) is 0 Å². The molecule has 2 rings (SSSR count). The summed E-state index contributed by atoms with van der Waals surface area (Å²) in [4.78, 5) is 0.458. The highest BCUT2D eigenvalue weighted by Gasteiger charge is 2.34. The van der Waals surface area contributed by atoms with Gasteiger partial charge in [0.1, 0.15) is 0 Å². The van der Waals surface area contributed by atoms with Gasteiger partial charge in [0, 0.05) is 6.54 Å². The number of hydrogen-bond acceptors (Lipinski definition) is 4. The van der Waals surface area contributed by atoms with Gasteiger partial charge in [-0.15, -0.1) is 0 Å². The van der Waals surface area contributed by atoms with Crippen molar-refractivity contribution in [3.05, 3.63) is 28.3 Å². The molecular formula is C20H35N3O2S. The lowest BCUT2D eigenvalue weighted by Crippen LogP contribution is -2.25. The van der Waals surface area contributed by atoms with E-state index in [4.69, 9.17) is 5.73 Å². The van der Waals surface area contributed by atoms with E-state index in [9.17, 15) is 8.42 Å². The summed E-state index contributed by atoms with van der Waals surface area (Å²) in [6.45, 7) is 11.0. The van der Waals surface area contributed by atoms with Crippen molar-refractivity contribution >= 4 is 10.0 Å². The Hall–Kier alpha value is -0.950. The SMILES string of the molecule is CCNS(=O)(=O)c1c(C)cc(C)c(CCCCNCC2CC2CN)c1C. The number of hydrogen-bond donors (Lipinski definition) is 3. The Morgan fingerprint density at radius 2 is 1.88 bits per heavy atom. The van der Waals surface area contributed by atoms with Gasteiger partial charge in [-0.2, -0.15) is 0 Å². The average molecular weight is 382 g/mol. The van der Waals surface area contributed by atoms with Crippen LogP contribution in [0, 0.1) is 32.6 Å². The Kier molecular flexibility index (Phi) is 7.64. The summed E-state index contributed by atoms with van der Waals surface area (Å²) < 4.78 is 27.7. The van der Waals surface area contributed by atoms with Crippen molar-refractivity contribution in [2.45, 2.75) is 58.3 Å². The lowest BCUT2D eigenvalue weighted by atomic mass is 9.95. The van der Waals surface area contributed by atoms with Crippen LogP contribution in [0.2, 0.25) is 0 Å². The Morgan fingerprint density at radius 1 is 1.15 bits per heavy atom. The lowest BCUT2D eigenvalue weighted by molar-refractivity contribution is 0.571. The van der Waals surface area contributed by atoms with E-state index in [-0.39, 0.29) is 0 Å². The quantitative estimate of drug-likeness (QED) is 0.514. The van der Waals surface area contributed by atoms with Crippen LogP contribution >= 0.6 is 0 Å².